The van der Waals surface area contributed by atoms with Crippen LogP contribution >= 0.6 is 15.9 Å². The van der Waals surface area contributed by atoms with Crippen molar-refractivity contribution in [3.8, 4) is 0 Å². The van der Waals surface area contributed by atoms with Crippen molar-refractivity contribution in [1.29, 1.82) is 0 Å². The predicted molar refractivity (Wildman–Crippen MR) is 73.9 cm³/mol. The van der Waals surface area contributed by atoms with Crippen molar-refractivity contribution in [2.45, 2.75) is 18.9 Å². The lowest BCUT2D eigenvalue weighted by molar-refractivity contribution is 0.173. The van der Waals surface area contributed by atoms with Gasteiger partial charge in [0.15, 0.2) is 11.6 Å². The van der Waals surface area contributed by atoms with E-state index >= 15 is 0 Å². The molecule has 0 saturated heterocycles. The van der Waals surface area contributed by atoms with Gasteiger partial charge >= 0.3 is 0 Å². The quantitative estimate of drug-likeness (QED) is 0.888. The number of aliphatic hydroxyl groups excluding tert-OH is 1. The molecular formula is C15H12BrF3O. The Balaban J connectivity index is 2.09. The van der Waals surface area contributed by atoms with Crippen molar-refractivity contribution >= 4 is 15.9 Å². The molecule has 0 bridgehead atoms. The Morgan fingerprint density at radius 2 is 1.70 bits per heavy atom. The van der Waals surface area contributed by atoms with Crippen LogP contribution in [0.1, 0.15) is 11.1 Å². The van der Waals surface area contributed by atoms with Crippen LogP contribution in [-0.4, -0.2) is 11.2 Å². The zero-order chi connectivity index (χ0) is 14.7. The molecule has 0 heterocycles. The SMILES string of the molecule is OC(Cc1ccc(F)cc1Br)Cc1cccc(F)c1F. The van der Waals surface area contributed by atoms with E-state index in [9.17, 15) is 18.3 Å². The minimum Gasteiger partial charge on any atom is -0.392 e. The van der Waals surface area contributed by atoms with E-state index in [1.54, 1.807) is 6.07 Å². The van der Waals surface area contributed by atoms with Crippen molar-refractivity contribution in [2.24, 2.45) is 0 Å². The van der Waals surface area contributed by atoms with Crippen LogP contribution in [0.15, 0.2) is 40.9 Å². The van der Waals surface area contributed by atoms with Gasteiger partial charge in [-0.2, -0.15) is 0 Å². The first-order valence-electron chi connectivity index (χ1n) is 6.02. The summed E-state index contributed by atoms with van der Waals surface area (Å²) in [5.41, 5.74) is 0.825. The van der Waals surface area contributed by atoms with Gasteiger partial charge in [0.25, 0.3) is 0 Å². The van der Waals surface area contributed by atoms with Gasteiger partial charge in [0.1, 0.15) is 5.82 Å². The summed E-state index contributed by atoms with van der Waals surface area (Å²) >= 11 is 3.20. The summed E-state index contributed by atoms with van der Waals surface area (Å²) < 4.78 is 40.0. The minimum absolute atomic E-state index is 0.00654. The van der Waals surface area contributed by atoms with Gasteiger partial charge < -0.3 is 5.11 Å². The van der Waals surface area contributed by atoms with Gasteiger partial charge in [-0.25, -0.2) is 13.2 Å². The highest BCUT2D eigenvalue weighted by Gasteiger charge is 2.14. The molecule has 0 radical (unpaired) electrons. The molecule has 0 fully saturated rings. The van der Waals surface area contributed by atoms with Crippen LogP contribution in [0.3, 0.4) is 0 Å². The van der Waals surface area contributed by atoms with E-state index in [1.807, 2.05) is 0 Å². The first kappa shape index (κ1) is 15.1. The van der Waals surface area contributed by atoms with Gasteiger partial charge in [-0.1, -0.05) is 34.1 Å². The number of rotatable bonds is 4. The van der Waals surface area contributed by atoms with Crippen LogP contribution in [-0.2, 0) is 12.8 Å². The van der Waals surface area contributed by atoms with Crippen LogP contribution in [0, 0.1) is 17.5 Å². The first-order valence-corrected chi connectivity index (χ1v) is 6.81. The third kappa shape index (κ3) is 3.61. The molecule has 20 heavy (non-hydrogen) atoms. The summed E-state index contributed by atoms with van der Waals surface area (Å²) in [6, 6.07) is 7.99. The van der Waals surface area contributed by atoms with Gasteiger partial charge in [0.05, 0.1) is 6.10 Å². The summed E-state index contributed by atoms with van der Waals surface area (Å²) in [6.45, 7) is 0. The second-order valence-electron chi connectivity index (χ2n) is 4.51. The Kier molecular flexibility index (Phi) is 4.83. The maximum Gasteiger partial charge on any atom is 0.162 e. The van der Waals surface area contributed by atoms with Gasteiger partial charge in [0.2, 0.25) is 0 Å². The Hall–Kier alpha value is -1.33. The number of hydrogen-bond donors (Lipinski definition) is 1. The van der Waals surface area contributed by atoms with E-state index in [0.717, 1.165) is 6.07 Å². The summed E-state index contributed by atoms with van der Waals surface area (Å²) in [5.74, 6) is -2.26. The molecule has 0 aliphatic heterocycles. The topological polar surface area (TPSA) is 20.2 Å². The fourth-order valence-electron chi connectivity index (χ4n) is 1.97. The second kappa shape index (κ2) is 6.41. The van der Waals surface area contributed by atoms with E-state index in [2.05, 4.69) is 15.9 Å². The second-order valence-corrected chi connectivity index (χ2v) is 5.37. The maximum absolute atomic E-state index is 13.5. The van der Waals surface area contributed by atoms with E-state index in [4.69, 9.17) is 0 Å². The van der Waals surface area contributed by atoms with E-state index < -0.39 is 17.7 Å². The molecule has 1 atom stereocenters. The third-order valence-electron chi connectivity index (χ3n) is 2.96. The maximum atomic E-state index is 13.5. The third-order valence-corrected chi connectivity index (χ3v) is 3.70. The van der Waals surface area contributed by atoms with Gasteiger partial charge in [-0.05, 0) is 35.7 Å². The minimum atomic E-state index is -0.940. The molecule has 1 unspecified atom stereocenters. The summed E-state index contributed by atoms with van der Waals surface area (Å²) in [5, 5.41) is 9.96. The van der Waals surface area contributed by atoms with Crippen LogP contribution in [0.4, 0.5) is 13.2 Å². The normalized spacial score (nSPS) is 12.4. The molecule has 0 amide bonds. The largest absolute Gasteiger partial charge is 0.392 e. The molecule has 0 saturated carbocycles. The van der Waals surface area contributed by atoms with Crippen molar-refractivity contribution in [3.05, 3.63) is 69.4 Å². The fourth-order valence-corrected chi connectivity index (χ4v) is 2.49. The number of hydrogen-bond acceptors (Lipinski definition) is 1. The Bertz CT molecular complexity index is 616. The zero-order valence-electron chi connectivity index (χ0n) is 10.4. The number of halogens is 4. The molecule has 2 aromatic rings. The molecule has 1 nitrogen and oxygen atoms in total. The molecule has 0 spiro atoms. The Labute approximate surface area is 123 Å². The molecule has 5 heteroatoms. The molecule has 2 aromatic carbocycles. The number of aliphatic hydroxyl groups is 1. The average molecular weight is 345 g/mol. The summed E-state index contributed by atoms with van der Waals surface area (Å²) in [4.78, 5) is 0. The van der Waals surface area contributed by atoms with E-state index in [0.29, 0.717) is 10.0 Å². The van der Waals surface area contributed by atoms with Crippen molar-refractivity contribution < 1.29 is 18.3 Å². The lowest BCUT2D eigenvalue weighted by atomic mass is 10.0. The summed E-state index contributed by atoms with van der Waals surface area (Å²) in [7, 11) is 0. The molecule has 1 N–H and O–H groups in total. The highest BCUT2D eigenvalue weighted by molar-refractivity contribution is 9.10. The lowest BCUT2D eigenvalue weighted by Gasteiger charge is -2.13. The molecular weight excluding hydrogens is 333 g/mol. The molecule has 0 aliphatic rings. The van der Waals surface area contributed by atoms with Gasteiger partial charge in [-0.3, -0.25) is 0 Å². The smallest absolute Gasteiger partial charge is 0.162 e. The van der Waals surface area contributed by atoms with Crippen molar-refractivity contribution in [3.63, 3.8) is 0 Å². The van der Waals surface area contributed by atoms with E-state index in [-0.39, 0.29) is 24.2 Å². The van der Waals surface area contributed by atoms with Gasteiger partial charge in [-0.15, -0.1) is 0 Å². The molecule has 0 aliphatic carbocycles. The highest BCUT2D eigenvalue weighted by atomic mass is 79.9. The van der Waals surface area contributed by atoms with Gasteiger partial charge in [0, 0.05) is 10.9 Å². The molecule has 2 rings (SSSR count). The highest BCUT2D eigenvalue weighted by Crippen LogP contribution is 2.21. The average Bonchev–Trinajstić information content (AvgIpc) is 2.38. The van der Waals surface area contributed by atoms with Crippen LogP contribution < -0.4 is 0 Å². The van der Waals surface area contributed by atoms with E-state index in [1.165, 1.54) is 24.3 Å². The van der Waals surface area contributed by atoms with Crippen LogP contribution in [0.25, 0.3) is 0 Å². The van der Waals surface area contributed by atoms with Crippen LogP contribution in [0.2, 0.25) is 0 Å². The first-order chi connectivity index (χ1) is 9.47. The Morgan fingerprint density at radius 1 is 1.00 bits per heavy atom. The monoisotopic (exact) mass is 344 g/mol. The standard InChI is InChI=1S/C15H12BrF3O/c16-13-8-11(17)5-4-9(13)6-12(20)7-10-2-1-3-14(18)15(10)19/h1-5,8,12,20H,6-7H2. The molecule has 0 aromatic heterocycles. The fraction of sp³-hybridized carbons (Fsp3) is 0.200. The lowest BCUT2D eigenvalue weighted by Crippen LogP contribution is -2.15. The Morgan fingerprint density at radius 3 is 2.40 bits per heavy atom. The number of benzene rings is 2. The van der Waals surface area contributed by atoms with Crippen LogP contribution in [0.5, 0.6) is 0 Å². The zero-order valence-corrected chi connectivity index (χ0v) is 12.0. The van der Waals surface area contributed by atoms with Crippen molar-refractivity contribution in [2.75, 3.05) is 0 Å². The predicted octanol–water partition coefficient (Wildman–Crippen LogP) is 4.01. The van der Waals surface area contributed by atoms with Crippen molar-refractivity contribution in [1.82, 2.24) is 0 Å². The summed E-state index contributed by atoms with van der Waals surface area (Å²) in [6.07, 6.45) is -0.669. The molecule has 106 valence electrons.